The fourth-order valence-corrected chi connectivity index (χ4v) is 4.27. The van der Waals surface area contributed by atoms with Gasteiger partial charge in [-0.05, 0) is 92.1 Å². The fraction of sp³-hybridized carbons (Fsp3) is 0.296. The molecule has 0 unspecified atom stereocenters. The highest BCUT2D eigenvalue weighted by molar-refractivity contribution is 6.31. The van der Waals surface area contributed by atoms with E-state index in [-0.39, 0.29) is 5.91 Å². The number of hydrogen-bond donors (Lipinski definition) is 1. The zero-order valence-electron chi connectivity index (χ0n) is 18.9. The second-order valence-electron chi connectivity index (χ2n) is 8.50. The van der Waals surface area contributed by atoms with Crippen LogP contribution in [0.4, 0.5) is 4.39 Å². The summed E-state index contributed by atoms with van der Waals surface area (Å²) in [5.41, 5.74) is 7.10. The Morgan fingerprint density at radius 3 is 2.64 bits per heavy atom. The highest BCUT2D eigenvalue weighted by Gasteiger charge is 2.14. The molecule has 170 valence electrons. The van der Waals surface area contributed by atoms with Crippen LogP contribution in [0.1, 0.15) is 52.0 Å². The lowest BCUT2D eigenvalue weighted by Gasteiger charge is -2.13. The van der Waals surface area contributed by atoms with E-state index in [0.29, 0.717) is 22.8 Å². The Morgan fingerprint density at radius 1 is 1.06 bits per heavy atom. The van der Waals surface area contributed by atoms with Crippen molar-refractivity contribution < 1.29 is 9.18 Å². The van der Waals surface area contributed by atoms with Gasteiger partial charge in [-0.3, -0.25) is 9.79 Å². The van der Waals surface area contributed by atoms with Crippen molar-refractivity contribution in [2.45, 2.75) is 46.1 Å². The van der Waals surface area contributed by atoms with Gasteiger partial charge in [0.05, 0.1) is 0 Å². The van der Waals surface area contributed by atoms with Crippen molar-refractivity contribution >= 4 is 23.2 Å². The number of carbonyl (C=O) groups is 1. The number of carbonyl (C=O) groups excluding carboxylic acids is 1. The van der Waals surface area contributed by atoms with Gasteiger partial charge in [0.2, 0.25) is 5.95 Å². The highest BCUT2D eigenvalue weighted by Crippen LogP contribution is 2.26. The molecule has 3 aromatic rings. The smallest absolute Gasteiger partial charge is 0.251 e. The molecule has 1 aromatic heterocycles. The normalized spacial score (nSPS) is 13.2. The summed E-state index contributed by atoms with van der Waals surface area (Å²) in [6.07, 6.45) is 3.86. The fourth-order valence-electron chi connectivity index (χ4n) is 4.15. The quantitative estimate of drug-likeness (QED) is 0.421. The van der Waals surface area contributed by atoms with E-state index in [0.717, 1.165) is 60.0 Å². The topological polar surface area (TPSA) is 54.4 Å². The SMILES string of the molecule is Cc1cc(CNC(=O)c2cc(CCC3=NCCC3)cc(-c3ccc(F)nc3C)c2)ccc1Cl. The molecular formula is C27H27ClFN3O. The van der Waals surface area contributed by atoms with Crippen molar-refractivity contribution in [2.75, 3.05) is 6.54 Å². The molecule has 1 aliphatic rings. The van der Waals surface area contributed by atoms with Gasteiger partial charge in [-0.2, -0.15) is 4.39 Å². The second kappa shape index (κ2) is 10.3. The van der Waals surface area contributed by atoms with Gasteiger partial charge in [0.25, 0.3) is 5.91 Å². The molecule has 0 bridgehead atoms. The molecule has 0 spiro atoms. The minimum absolute atomic E-state index is 0.156. The van der Waals surface area contributed by atoms with Crippen LogP contribution in [0.2, 0.25) is 5.02 Å². The van der Waals surface area contributed by atoms with Crippen LogP contribution in [-0.2, 0) is 13.0 Å². The van der Waals surface area contributed by atoms with E-state index in [4.69, 9.17) is 11.6 Å². The maximum Gasteiger partial charge on any atom is 0.251 e. The minimum Gasteiger partial charge on any atom is -0.348 e. The van der Waals surface area contributed by atoms with Crippen molar-refractivity contribution in [1.82, 2.24) is 10.3 Å². The maximum atomic E-state index is 13.6. The van der Waals surface area contributed by atoms with E-state index in [1.807, 2.05) is 37.3 Å². The third-order valence-electron chi connectivity index (χ3n) is 5.95. The summed E-state index contributed by atoms with van der Waals surface area (Å²) in [6.45, 7) is 5.04. The number of aliphatic imine (C=N–C) groups is 1. The average Bonchev–Trinajstić information content (AvgIpc) is 3.32. The lowest BCUT2D eigenvalue weighted by molar-refractivity contribution is 0.0951. The number of hydrogen-bond acceptors (Lipinski definition) is 3. The molecule has 33 heavy (non-hydrogen) atoms. The van der Waals surface area contributed by atoms with Crippen molar-refractivity contribution in [3.8, 4) is 11.1 Å². The first-order chi connectivity index (χ1) is 15.9. The number of amides is 1. The number of nitrogens with zero attached hydrogens (tertiary/aromatic N) is 2. The van der Waals surface area contributed by atoms with E-state index in [1.54, 1.807) is 13.0 Å². The van der Waals surface area contributed by atoms with Crippen molar-refractivity contribution in [2.24, 2.45) is 4.99 Å². The molecule has 1 amide bonds. The standard InChI is InChI=1S/C27H27ClFN3O/c1-17-12-20(6-9-25(17)28)16-31-27(33)22-14-19(5-7-23-4-3-11-30-23)13-21(15-22)24-8-10-26(29)32-18(24)2/h6,8-10,12-15H,3-5,7,11,16H2,1-2H3,(H,31,33). The lowest BCUT2D eigenvalue weighted by atomic mass is 9.95. The van der Waals surface area contributed by atoms with E-state index in [1.165, 1.54) is 11.8 Å². The Labute approximate surface area is 198 Å². The first-order valence-corrected chi connectivity index (χ1v) is 11.6. The molecule has 0 saturated carbocycles. The lowest BCUT2D eigenvalue weighted by Crippen LogP contribution is -2.23. The molecule has 4 rings (SSSR count). The van der Waals surface area contributed by atoms with Gasteiger partial charge >= 0.3 is 0 Å². The minimum atomic E-state index is -0.511. The van der Waals surface area contributed by atoms with Crippen LogP contribution in [0.5, 0.6) is 0 Å². The summed E-state index contributed by atoms with van der Waals surface area (Å²) in [4.78, 5) is 21.6. The van der Waals surface area contributed by atoms with Gasteiger partial charge in [-0.25, -0.2) is 4.98 Å². The van der Waals surface area contributed by atoms with Crippen molar-refractivity contribution in [3.05, 3.63) is 87.4 Å². The van der Waals surface area contributed by atoms with Gasteiger partial charge < -0.3 is 5.32 Å². The van der Waals surface area contributed by atoms with Crippen LogP contribution < -0.4 is 5.32 Å². The summed E-state index contributed by atoms with van der Waals surface area (Å²) in [5.74, 6) is -0.667. The van der Waals surface area contributed by atoms with Crippen LogP contribution in [-0.4, -0.2) is 23.1 Å². The van der Waals surface area contributed by atoms with E-state index < -0.39 is 5.95 Å². The zero-order valence-corrected chi connectivity index (χ0v) is 19.7. The van der Waals surface area contributed by atoms with E-state index in [9.17, 15) is 9.18 Å². The number of aromatic nitrogens is 1. The first-order valence-electron chi connectivity index (χ1n) is 11.2. The summed E-state index contributed by atoms with van der Waals surface area (Å²) in [5, 5.41) is 3.71. The van der Waals surface area contributed by atoms with Gasteiger partial charge in [0, 0.05) is 40.6 Å². The molecular weight excluding hydrogens is 437 g/mol. The second-order valence-corrected chi connectivity index (χ2v) is 8.91. The molecule has 2 aromatic carbocycles. The molecule has 1 N–H and O–H groups in total. The largest absolute Gasteiger partial charge is 0.348 e. The van der Waals surface area contributed by atoms with Crippen LogP contribution in [0, 0.1) is 19.8 Å². The zero-order chi connectivity index (χ0) is 23.4. The molecule has 0 fully saturated rings. The number of benzene rings is 2. The van der Waals surface area contributed by atoms with Gasteiger partial charge in [-0.1, -0.05) is 29.8 Å². The van der Waals surface area contributed by atoms with Crippen LogP contribution >= 0.6 is 11.6 Å². The Balaban J connectivity index is 1.59. The molecule has 6 heteroatoms. The molecule has 0 aliphatic carbocycles. The number of rotatable bonds is 7. The molecule has 4 nitrogen and oxygen atoms in total. The summed E-state index contributed by atoms with van der Waals surface area (Å²) >= 11 is 6.11. The monoisotopic (exact) mass is 463 g/mol. The Morgan fingerprint density at radius 2 is 1.91 bits per heavy atom. The van der Waals surface area contributed by atoms with E-state index in [2.05, 4.69) is 21.4 Å². The Hall–Kier alpha value is -3.05. The molecule has 0 saturated heterocycles. The number of halogens is 2. The Bertz CT molecular complexity index is 1220. The summed E-state index contributed by atoms with van der Waals surface area (Å²) < 4.78 is 13.6. The number of nitrogens with one attached hydrogen (secondary N) is 1. The van der Waals surface area contributed by atoms with Crippen LogP contribution in [0.3, 0.4) is 0 Å². The van der Waals surface area contributed by atoms with Crippen LogP contribution in [0.15, 0.2) is 53.5 Å². The molecule has 0 radical (unpaired) electrons. The molecule has 2 heterocycles. The summed E-state index contributed by atoms with van der Waals surface area (Å²) in [7, 11) is 0. The predicted octanol–water partition coefficient (Wildman–Crippen LogP) is 6.26. The van der Waals surface area contributed by atoms with Gasteiger partial charge in [-0.15, -0.1) is 0 Å². The maximum absolute atomic E-state index is 13.6. The predicted molar refractivity (Wildman–Crippen MR) is 132 cm³/mol. The molecule has 0 atom stereocenters. The molecule has 1 aliphatic heterocycles. The number of pyridine rings is 1. The Kier molecular flexibility index (Phi) is 7.19. The van der Waals surface area contributed by atoms with E-state index >= 15 is 0 Å². The first kappa shape index (κ1) is 23.1. The van der Waals surface area contributed by atoms with Gasteiger partial charge in [0.1, 0.15) is 0 Å². The highest BCUT2D eigenvalue weighted by atomic mass is 35.5. The van der Waals surface area contributed by atoms with Crippen LogP contribution in [0.25, 0.3) is 11.1 Å². The average molecular weight is 464 g/mol. The summed E-state index contributed by atoms with van der Waals surface area (Å²) in [6, 6.07) is 14.6. The van der Waals surface area contributed by atoms with Crippen molar-refractivity contribution in [1.29, 1.82) is 0 Å². The number of aryl methyl sites for hydroxylation is 3. The van der Waals surface area contributed by atoms with Crippen molar-refractivity contribution in [3.63, 3.8) is 0 Å². The third-order valence-corrected chi connectivity index (χ3v) is 6.38. The third kappa shape index (κ3) is 5.85. The van der Waals surface area contributed by atoms with Gasteiger partial charge in [0.15, 0.2) is 0 Å².